The molecule has 1 saturated carbocycles. The Bertz CT molecular complexity index is 1160. The number of amides is 1. The minimum atomic E-state index is -0.602. The first kappa shape index (κ1) is 25.5. The van der Waals surface area contributed by atoms with Crippen molar-refractivity contribution in [3.63, 3.8) is 0 Å². The smallest absolute Gasteiger partial charge is 0.309 e. The summed E-state index contributed by atoms with van der Waals surface area (Å²) in [4.78, 5) is 39.3. The van der Waals surface area contributed by atoms with E-state index in [2.05, 4.69) is 27.3 Å². The molecule has 8 nitrogen and oxygen atoms in total. The number of nitrogens with one attached hydrogen (secondary N) is 1. The van der Waals surface area contributed by atoms with Crippen LogP contribution < -0.4 is 15.1 Å². The average molecular weight is 506 g/mol. The van der Waals surface area contributed by atoms with E-state index in [1.807, 2.05) is 51.7 Å². The molecule has 198 valence electrons. The third-order valence-corrected chi connectivity index (χ3v) is 7.84. The van der Waals surface area contributed by atoms with Crippen molar-refractivity contribution in [1.82, 2.24) is 9.97 Å². The number of rotatable bonds is 5. The Morgan fingerprint density at radius 1 is 1.05 bits per heavy atom. The molecule has 1 aromatic heterocycles. The molecule has 0 atom stereocenters. The van der Waals surface area contributed by atoms with Crippen molar-refractivity contribution >= 4 is 35.0 Å². The van der Waals surface area contributed by atoms with Crippen LogP contribution in [0.15, 0.2) is 30.5 Å². The Labute approximate surface area is 219 Å². The van der Waals surface area contributed by atoms with Gasteiger partial charge in [0, 0.05) is 42.3 Å². The lowest BCUT2D eigenvalue weighted by molar-refractivity contribution is -0.160. The molecule has 3 aliphatic rings. The minimum absolute atomic E-state index is 0.0333. The van der Waals surface area contributed by atoms with Crippen molar-refractivity contribution in [3.8, 4) is 0 Å². The zero-order valence-electron chi connectivity index (χ0n) is 22.7. The van der Waals surface area contributed by atoms with Crippen LogP contribution in [-0.2, 0) is 19.7 Å². The molecule has 0 spiro atoms. The molecule has 37 heavy (non-hydrogen) atoms. The Hall–Kier alpha value is -3.16. The molecule has 0 radical (unpaired) electrons. The van der Waals surface area contributed by atoms with Gasteiger partial charge in [0.1, 0.15) is 11.4 Å². The number of hydrogen-bond acceptors (Lipinski definition) is 7. The molecule has 2 aliphatic heterocycles. The summed E-state index contributed by atoms with van der Waals surface area (Å²) in [7, 11) is 0. The number of piperidine rings is 1. The Morgan fingerprint density at radius 3 is 2.32 bits per heavy atom. The number of anilines is 4. The highest BCUT2D eigenvalue weighted by molar-refractivity contribution is 6.07. The second-order valence-corrected chi connectivity index (χ2v) is 12.1. The number of hydrogen-bond donors (Lipinski definition) is 1. The first-order valence-electron chi connectivity index (χ1n) is 13.6. The molecule has 2 fully saturated rings. The Morgan fingerprint density at radius 2 is 1.70 bits per heavy atom. The highest BCUT2D eigenvalue weighted by Gasteiger charge is 2.48. The Kier molecular flexibility index (Phi) is 6.62. The van der Waals surface area contributed by atoms with Gasteiger partial charge in [-0.1, -0.05) is 12.8 Å². The number of carbonyl (C=O) groups is 2. The number of nitrogens with zero attached hydrogens (tertiary/aromatic N) is 4. The zero-order valence-corrected chi connectivity index (χ0v) is 22.7. The normalized spacial score (nSPS) is 20.3. The average Bonchev–Trinajstić information content (AvgIpc) is 3.44. The third kappa shape index (κ3) is 5.15. The van der Waals surface area contributed by atoms with E-state index in [4.69, 9.17) is 9.72 Å². The fraction of sp³-hybridized carbons (Fsp3) is 0.586. The van der Waals surface area contributed by atoms with Crippen LogP contribution in [-0.4, -0.2) is 46.6 Å². The van der Waals surface area contributed by atoms with E-state index < -0.39 is 11.0 Å². The number of ether oxygens (including phenoxy) is 1. The van der Waals surface area contributed by atoms with E-state index in [1.54, 1.807) is 6.20 Å². The maximum Gasteiger partial charge on any atom is 0.309 e. The summed E-state index contributed by atoms with van der Waals surface area (Å²) >= 11 is 0. The predicted octanol–water partition coefficient (Wildman–Crippen LogP) is 5.35. The van der Waals surface area contributed by atoms with Gasteiger partial charge in [0.05, 0.1) is 11.3 Å². The van der Waals surface area contributed by atoms with E-state index in [0.29, 0.717) is 5.95 Å². The molecule has 0 bridgehead atoms. The fourth-order valence-electron chi connectivity index (χ4n) is 5.71. The molecular weight excluding hydrogens is 466 g/mol. The maximum absolute atomic E-state index is 13.3. The number of aromatic nitrogens is 2. The highest BCUT2D eigenvalue weighted by Crippen LogP contribution is 2.44. The molecule has 8 heteroatoms. The summed E-state index contributed by atoms with van der Waals surface area (Å²) in [5, 5.41) is 3.32. The van der Waals surface area contributed by atoms with Gasteiger partial charge < -0.3 is 15.0 Å². The summed E-state index contributed by atoms with van der Waals surface area (Å²) in [5.74, 6) is 1.26. The van der Waals surface area contributed by atoms with Crippen molar-refractivity contribution in [2.24, 2.45) is 5.92 Å². The lowest BCUT2D eigenvalue weighted by Crippen LogP contribution is -2.42. The zero-order chi connectivity index (χ0) is 26.4. The van der Waals surface area contributed by atoms with E-state index in [0.717, 1.165) is 74.4 Å². The van der Waals surface area contributed by atoms with Gasteiger partial charge in [-0.2, -0.15) is 4.98 Å². The summed E-state index contributed by atoms with van der Waals surface area (Å²) in [6.07, 6.45) is 7.78. The molecule has 0 unspecified atom stereocenters. The molecule has 1 N–H and O–H groups in total. The van der Waals surface area contributed by atoms with Gasteiger partial charge in [0.25, 0.3) is 0 Å². The topological polar surface area (TPSA) is 87.7 Å². The van der Waals surface area contributed by atoms with E-state index >= 15 is 0 Å². The van der Waals surface area contributed by atoms with E-state index in [9.17, 15) is 9.59 Å². The van der Waals surface area contributed by atoms with Crippen LogP contribution in [0.25, 0.3) is 0 Å². The van der Waals surface area contributed by atoms with Crippen molar-refractivity contribution < 1.29 is 14.3 Å². The molecule has 1 aliphatic carbocycles. The van der Waals surface area contributed by atoms with Crippen LogP contribution in [0.2, 0.25) is 0 Å². The van der Waals surface area contributed by atoms with E-state index in [1.165, 1.54) is 0 Å². The summed E-state index contributed by atoms with van der Waals surface area (Å²) in [5.41, 5.74) is 1.88. The summed E-state index contributed by atoms with van der Waals surface area (Å²) in [6.45, 7) is 11.3. The van der Waals surface area contributed by atoms with Crippen LogP contribution in [0.3, 0.4) is 0 Å². The number of carbonyl (C=O) groups excluding carboxylic acids is 2. The van der Waals surface area contributed by atoms with Crippen LogP contribution in [0, 0.1) is 5.92 Å². The molecular formula is C29H39N5O3. The number of fused-ring (bicyclic) bond motifs is 1. The van der Waals surface area contributed by atoms with Gasteiger partial charge in [0.15, 0.2) is 0 Å². The van der Waals surface area contributed by atoms with Crippen molar-refractivity contribution in [1.29, 1.82) is 0 Å². The van der Waals surface area contributed by atoms with Gasteiger partial charge in [-0.3, -0.25) is 14.5 Å². The van der Waals surface area contributed by atoms with Crippen molar-refractivity contribution in [2.45, 2.75) is 90.2 Å². The van der Waals surface area contributed by atoms with Crippen molar-refractivity contribution in [3.05, 3.63) is 36.0 Å². The van der Waals surface area contributed by atoms with Gasteiger partial charge in [-0.25, -0.2) is 4.98 Å². The predicted molar refractivity (Wildman–Crippen MR) is 145 cm³/mol. The van der Waals surface area contributed by atoms with Gasteiger partial charge in [-0.05, 0) is 84.6 Å². The number of benzene rings is 1. The lowest BCUT2D eigenvalue weighted by Gasteiger charge is -2.34. The Balaban J connectivity index is 1.24. The van der Waals surface area contributed by atoms with E-state index in [-0.39, 0.29) is 23.8 Å². The largest absolute Gasteiger partial charge is 0.460 e. The molecule has 5 rings (SSSR count). The lowest BCUT2D eigenvalue weighted by atomic mass is 9.88. The molecule has 1 saturated heterocycles. The number of esters is 1. The van der Waals surface area contributed by atoms with Crippen LogP contribution in [0.5, 0.6) is 0 Å². The molecule has 1 amide bonds. The highest BCUT2D eigenvalue weighted by atomic mass is 16.6. The third-order valence-electron chi connectivity index (χ3n) is 7.84. The molecule has 1 aromatic carbocycles. The second kappa shape index (κ2) is 9.62. The first-order valence-corrected chi connectivity index (χ1v) is 13.6. The van der Waals surface area contributed by atoms with Gasteiger partial charge in [0.2, 0.25) is 11.9 Å². The van der Waals surface area contributed by atoms with Gasteiger partial charge in [-0.15, -0.1) is 0 Å². The van der Waals surface area contributed by atoms with Crippen LogP contribution >= 0.6 is 0 Å². The molecule has 3 heterocycles. The second-order valence-electron chi connectivity index (χ2n) is 12.1. The summed E-state index contributed by atoms with van der Waals surface area (Å²) < 4.78 is 5.57. The standard InChI is InChI=1S/C29H39N5O3/c1-28(2,3)37-25(35)19-14-16-33(17-15-19)21-12-10-20(11-13-21)31-27-30-18-23-24(32-27)34(22-8-6-7-9-22)26(36)29(23,4)5/h10-13,18-19,22H,6-9,14-17H2,1-5H3,(H,30,31,32). The SMILES string of the molecule is CC(C)(C)OC(=O)C1CCN(c2ccc(Nc3ncc4c(n3)N(C3CCCC3)C(=O)C4(C)C)cc2)CC1. The maximum atomic E-state index is 13.3. The fourth-order valence-corrected chi connectivity index (χ4v) is 5.71. The minimum Gasteiger partial charge on any atom is -0.460 e. The van der Waals surface area contributed by atoms with Crippen LogP contribution in [0.1, 0.15) is 78.7 Å². The summed E-state index contributed by atoms with van der Waals surface area (Å²) in [6, 6.07) is 8.45. The quantitative estimate of drug-likeness (QED) is 0.549. The van der Waals surface area contributed by atoms with Gasteiger partial charge >= 0.3 is 5.97 Å². The van der Waals surface area contributed by atoms with Crippen LogP contribution in [0.4, 0.5) is 23.1 Å². The molecule has 2 aromatic rings. The monoisotopic (exact) mass is 505 g/mol. The van der Waals surface area contributed by atoms with Crippen molar-refractivity contribution in [2.75, 3.05) is 28.2 Å². The first-order chi connectivity index (χ1) is 17.5.